The molecule has 1 saturated heterocycles. The van der Waals surface area contributed by atoms with Gasteiger partial charge >= 0.3 is 0 Å². The molecule has 0 aliphatic carbocycles. The molecule has 0 bridgehead atoms. The van der Waals surface area contributed by atoms with Crippen molar-refractivity contribution in [3.63, 3.8) is 0 Å². The van der Waals surface area contributed by atoms with Crippen molar-refractivity contribution < 1.29 is 4.79 Å². The molecule has 3 aromatic heterocycles. The Morgan fingerprint density at radius 3 is 3.12 bits per heavy atom. The highest BCUT2D eigenvalue weighted by Crippen LogP contribution is 2.23. The van der Waals surface area contributed by atoms with Crippen LogP contribution >= 0.6 is 11.3 Å². The van der Waals surface area contributed by atoms with Gasteiger partial charge in [-0.2, -0.15) is 0 Å². The van der Waals surface area contributed by atoms with Crippen LogP contribution in [0.25, 0.3) is 16.0 Å². The predicted octanol–water partition coefficient (Wildman–Crippen LogP) is 3.37. The third-order valence-electron chi connectivity index (χ3n) is 5.04. The number of amides is 1. The minimum atomic E-state index is 0.0372. The van der Waals surface area contributed by atoms with E-state index >= 15 is 0 Å². The Labute approximate surface area is 154 Å². The number of carbonyl (C=O) groups is 1. The fourth-order valence-electron chi connectivity index (χ4n) is 3.78. The number of para-hydroxylation sites is 2. The van der Waals surface area contributed by atoms with Gasteiger partial charge in [0.15, 0.2) is 4.96 Å². The zero-order valence-electron chi connectivity index (χ0n) is 14.3. The maximum absolute atomic E-state index is 12.8. The van der Waals surface area contributed by atoms with Gasteiger partial charge in [0.2, 0.25) is 0 Å². The molecule has 1 aromatic carbocycles. The molecular weight excluding hydrogens is 346 g/mol. The Morgan fingerprint density at radius 2 is 2.23 bits per heavy atom. The summed E-state index contributed by atoms with van der Waals surface area (Å²) < 4.78 is 1.91. The van der Waals surface area contributed by atoms with Gasteiger partial charge in [0, 0.05) is 37.3 Å². The smallest absolute Gasteiger partial charge is 0.274 e. The lowest BCUT2D eigenvalue weighted by Gasteiger charge is -2.32. The van der Waals surface area contributed by atoms with E-state index in [4.69, 9.17) is 0 Å². The molecule has 1 fully saturated rings. The van der Waals surface area contributed by atoms with Gasteiger partial charge in [0.05, 0.1) is 11.0 Å². The van der Waals surface area contributed by atoms with Crippen molar-refractivity contribution >= 4 is 33.2 Å². The number of benzene rings is 1. The molecule has 0 saturated carbocycles. The summed E-state index contributed by atoms with van der Waals surface area (Å²) in [6.07, 6.45) is 6.79. The van der Waals surface area contributed by atoms with Gasteiger partial charge in [-0.1, -0.05) is 12.1 Å². The van der Waals surface area contributed by atoms with Crippen LogP contribution in [0.4, 0.5) is 0 Å². The first kappa shape index (κ1) is 15.6. The standard InChI is InChI=1S/C19H19N5OS/c25-18(16-12-24-8-9-26-19(24)22-16)23-7-3-4-13(11-23)10-17-20-14-5-1-2-6-15(14)21-17/h1-2,5-6,8-9,12-13H,3-4,7,10-11H2,(H,20,21). The number of hydrogen-bond donors (Lipinski definition) is 1. The molecule has 5 rings (SSSR count). The second kappa shape index (κ2) is 6.25. The van der Waals surface area contributed by atoms with Gasteiger partial charge < -0.3 is 9.88 Å². The molecule has 4 heterocycles. The van der Waals surface area contributed by atoms with Gasteiger partial charge in [-0.25, -0.2) is 9.97 Å². The van der Waals surface area contributed by atoms with Crippen molar-refractivity contribution in [2.75, 3.05) is 13.1 Å². The molecule has 1 N–H and O–H groups in total. The molecule has 0 radical (unpaired) electrons. The summed E-state index contributed by atoms with van der Waals surface area (Å²) in [5.74, 6) is 1.47. The Kier molecular flexibility index (Phi) is 3.74. The summed E-state index contributed by atoms with van der Waals surface area (Å²) >= 11 is 1.55. The first-order valence-corrected chi connectivity index (χ1v) is 9.79. The summed E-state index contributed by atoms with van der Waals surface area (Å²) in [4.78, 5) is 28.2. The number of imidazole rings is 2. The molecule has 6 nitrogen and oxygen atoms in total. The summed E-state index contributed by atoms with van der Waals surface area (Å²) in [6.45, 7) is 1.57. The maximum Gasteiger partial charge on any atom is 0.274 e. The van der Waals surface area contributed by atoms with Crippen LogP contribution in [0, 0.1) is 5.92 Å². The lowest BCUT2D eigenvalue weighted by molar-refractivity contribution is 0.0667. The highest BCUT2D eigenvalue weighted by molar-refractivity contribution is 7.15. The van der Waals surface area contributed by atoms with Gasteiger partial charge in [-0.3, -0.25) is 9.20 Å². The zero-order valence-corrected chi connectivity index (χ0v) is 15.1. The van der Waals surface area contributed by atoms with Crippen molar-refractivity contribution in [1.29, 1.82) is 0 Å². The van der Waals surface area contributed by atoms with E-state index in [9.17, 15) is 4.79 Å². The highest BCUT2D eigenvalue weighted by Gasteiger charge is 2.26. The van der Waals surface area contributed by atoms with E-state index in [1.807, 2.05) is 51.3 Å². The number of fused-ring (bicyclic) bond motifs is 2. The number of aromatic nitrogens is 4. The number of H-pyrrole nitrogens is 1. The van der Waals surface area contributed by atoms with Crippen LogP contribution in [-0.2, 0) is 6.42 Å². The van der Waals surface area contributed by atoms with Crippen LogP contribution < -0.4 is 0 Å². The van der Waals surface area contributed by atoms with E-state index in [0.29, 0.717) is 11.6 Å². The Hall–Kier alpha value is -2.67. The average molecular weight is 365 g/mol. The van der Waals surface area contributed by atoms with E-state index in [-0.39, 0.29) is 5.91 Å². The van der Waals surface area contributed by atoms with Crippen molar-refractivity contribution in [3.8, 4) is 0 Å². The number of nitrogens with one attached hydrogen (secondary N) is 1. The number of nitrogens with zero attached hydrogens (tertiary/aromatic N) is 4. The van der Waals surface area contributed by atoms with E-state index in [2.05, 4.69) is 15.0 Å². The number of hydrogen-bond acceptors (Lipinski definition) is 4. The highest BCUT2D eigenvalue weighted by atomic mass is 32.1. The van der Waals surface area contributed by atoms with Crippen LogP contribution in [-0.4, -0.2) is 43.2 Å². The van der Waals surface area contributed by atoms with Gasteiger partial charge in [-0.05, 0) is 30.9 Å². The second-order valence-corrected chi connectivity index (χ2v) is 7.76. The minimum Gasteiger partial charge on any atom is -0.342 e. The molecule has 26 heavy (non-hydrogen) atoms. The number of likely N-dealkylation sites (tertiary alicyclic amines) is 1. The van der Waals surface area contributed by atoms with Crippen LogP contribution in [0.5, 0.6) is 0 Å². The number of aromatic amines is 1. The Morgan fingerprint density at radius 1 is 1.31 bits per heavy atom. The number of thiazole rings is 1. The SMILES string of the molecule is O=C(c1cn2ccsc2n1)N1CCCC(Cc2nc3ccccc3[nH]2)C1. The summed E-state index contributed by atoms with van der Waals surface area (Å²) in [7, 11) is 0. The second-order valence-electron chi connectivity index (χ2n) is 6.88. The molecule has 1 unspecified atom stereocenters. The molecule has 7 heteroatoms. The van der Waals surface area contributed by atoms with Crippen LogP contribution in [0.2, 0.25) is 0 Å². The molecule has 132 valence electrons. The first-order valence-electron chi connectivity index (χ1n) is 8.91. The summed E-state index contributed by atoms with van der Waals surface area (Å²) in [5, 5.41) is 1.97. The first-order chi connectivity index (χ1) is 12.8. The van der Waals surface area contributed by atoms with Crippen molar-refractivity contribution in [2.45, 2.75) is 19.3 Å². The van der Waals surface area contributed by atoms with Crippen LogP contribution in [0.1, 0.15) is 29.2 Å². The van der Waals surface area contributed by atoms with Crippen molar-refractivity contribution in [1.82, 2.24) is 24.3 Å². The van der Waals surface area contributed by atoms with Crippen LogP contribution in [0.3, 0.4) is 0 Å². The van der Waals surface area contributed by atoms with Gasteiger partial charge in [-0.15, -0.1) is 11.3 Å². The number of carbonyl (C=O) groups excluding carboxylic acids is 1. The van der Waals surface area contributed by atoms with Gasteiger partial charge in [0.25, 0.3) is 5.91 Å². The average Bonchev–Trinajstić information content (AvgIpc) is 3.35. The number of rotatable bonds is 3. The zero-order chi connectivity index (χ0) is 17.5. The number of piperidine rings is 1. The topological polar surface area (TPSA) is 66.3 Å². The third kappa shape index (κ3) is 2.78. The molecule has 1 amide bonds. The Bertz CT molecular complexity index is 1020. The van der Waals surface area contributed by atoms with E-state index < -0.39 is 0 Å². The normalized spacial score (nSPS) is 18.0. The largest absolute Gasteiger partial charge is 0.342 e. The van der Waals surface area contributed by atoms with E-state index in [0.717, 1.165) is 54.2 Å². The summed E-state index contributed by atoms with van der Waals surface area (Å²) in [6, 6.07) is 8.09. The molecule has 1 atom stereocenters. The third-order valence-corrected chi connectivity index (χ3v) is 5.81. The lowest BCUT2D eigenvalue weighted by Crippen LogP contribution is -2.40. The monoisotopic (exact) mass is 365 g/mol. The van der Waals surface area contributed by atoms with E-state index in [1.54, 1.807) is 11.3 Å². The summed E-state index contributed by atoms with van der Waals surface area (Å²) in [5.41, 5.74) is 2.62. The predicted molar refractivity (Wildman–Crippen MR) is 101 cm³/mol. The molecule has 4 aromatic rings. The van der Waals surface area contributed by atoms with Gasteiger partial charge in [0.1, 0.15) is 11.5 Å². The maximum atomic E-state index is 12.8. The molecular formula is C19H19N5OS. The molecule has 0 spiro atoms. The lowest BCUT2D eigenvalue weighted by atomic mass is 9.94. The fraction of sp³-hybridized carbons (Fsp3) is 0.316. The van der Waals surface area contributed by atoms with Crippen molar-refractivity contribution in [3.05, 3.63) is 53.6 Å². The molecule has 1 aliphatic rings. The molecule has 1 aliphatic heterocycles. The van der Waals surface area contributed by atoms with Crippen LogP contribution in [0.15, 0.2) is 42.0 Å². The van der Waals surface area contributed by atoms with Crippen molar-refractivity contribution in [2.24, 2.45) is 5.92 Å². The quantitative estimate of drug-likeness (QED) is 0.605. The fourth-order valence-corrected chi connectivity index (χ4v) is 4.48. The Balaban J connectivity index is 1.31. The minimum absolute atomic E-state index is 0.0372. The van der Waals surface area contributed by atoms with E-state index in [1.165, 1.54) is 0 Å².